The number of methoxy groups -OCH3 is 1. The third-order valence-corrected chi connectivity index (χ3v) is 6.74. The maximum absolute atomic E-state index is 11.2. The lowest BCUT2D eigenvalue weighted by Crippen LogP contribution is -2.43. The van der Waals surface area contributed by atoms with Crippen LogP contribution in [0.2, 0.25) is 0 Å². The van der Waals surface area contributed by atoms with Crippen molar-refractivity contribution in [3.05, 3.63) is 89.7 Å². The predicted octanol–water partition coefficient (Wildman–Crippen LogP) is 5.22. The van der Waals surface area contributed by atoms with Crippen molar-refractivity contribution in [2.75, 3.05) is 25.5 Å². The predicted molar refractivity (Wildman–Crippen MR) is 132 cm³/mol. The van der Waals surface area contributed by atoms with Crippen LogP contribution in [0, 0.1) is 0 Å². The first-order valence-corrected chi connectivity index (χ1v) is 11.7. The number of likely N-dealkylation sites (tertiary alicyclic amines) is 1. The van der Waals surface area contributed by atoms with Gasteiger partial charge in [0.2, 0.25) is 5.91 Å². The maximum atomic E-state index is 11.2. The summed E-state index contributed by atoms with van der Waals surface area (Å²) in [6.07, 6.45) is 6.17. The number of benzene rings is 2. The van der Waals surface area contributed by atoms with Gasteiger partial charge in [-0.25, -0.2) is 0 Å². The van der Waals surface area contributed by atoms with Gasteiger partial charge < -0.3 is 10.1 Å². The van der Waals surface area contributed by atoms with Gasteiger partial charge in [-0.2, -0.15) is 0 Å². The summed E-state index contributed by atoms with van der Waals surface area (Å²) in [6.45, 7) is 4.53. The van der Waals surface area contributed by atoms with Gasteiger partial charge in [-0.1, -0.05) is 42.5 Å². The van der Waals surface area contributed by atoms with Crippen LogP contribution in [0.1, 0.15) is 43.0 Å². The molecular formula is C28H33N3O2. The summed E-state index contributed by atoms with van der Waals surface area (Å²) in [5.41, 5.74) is 4.75. The first-order valence-electron chi connectivity index (χ1n) is 11.7. The van der Waals surface area contributed by atoms with E-state index in [4.69, 9.17) is 9.72 Å². The molecule has 5 heteroatoms. The van der Waals surface area contributed by atoms with Crippen LogP contribution in [-0.2, 0) is 23.2 Å². The van der Waals surface area contributed by atoms with Crippen LogP contribution in [0.4, 0.5) is 5.69 Å². The van der Waals surface area contributed by atoms with Crippen LogP contribution in [0.15, 0.2) is 72.9 Å². The Morgan fingerprint density at radius 3 is 2.33 bits per heavy atom. The number of amides is 1. The van der Waals surface area contributed by atoms with E-state index in [2.05, 4.69) is 58.7 Å². The number of hydrogen-bond donors (Lipinski definition) is 1. The number of carbonyl (C=O) groups excluding carboxylic acids is 1. The lowest BCUT2D eigenvalue weighted by Gasteiger charge is -2.42. The number of nitrogens with zero attached hydrogens (tertiary/aromatic N) is 2. The number of ether oxygens (including phenoxy) is 1. The highest BCUT2D eigenvalue weighted by Crippen LogP contribution is 2.39. The highest BCUT2D eigenvalue weighted by Gasteiger charge is 2.37. The van der Waals surface area contributed by atoms with E-state index < -0.39 is 0 Å². The topological polar surface area (TPSA) is 54.5 Å². The van der Waals surface area contributed by atoms with Crippen molar-refractivity contribution in [3.8, 4) is 5.75 Å². The summed E-state index contributed by atoms with van der Waals surface area (Å²) in [6, 6.07) is 23.1. The second-order valence-corrected chi connectivity index (χ2v) is 9.00. The van der Waals surface area contributed by atoms with Gasteiger partial charge in [0.1, 0.15) is 5.75 Å². The van der Waals surface area contributed by atoms with Gasteiger partial charge in [-0.3, -0.25) is 14.7 Å². The van der Waals surface area contributed by atoms with Crippen molar-refractivity contribution < 1.29 is 9.53 Å². The van der Waals surface area contributed by atoms with Crippen LogP contribution in [0.25, 0.3) is 0 Å². The lowest BCUT2D eigenvalue weighted by molar-refractivity contribution is -0.114. The zero-order valence-electron chi connectivity index (χ0n) is 19.6. The molecule has 0 spiro atoms. The van der Waals surface area contributed by atoms with Gasteiger partial charge in [-0.05, 0) is 74.2 Å². The van der Waals surface area contributed by atoms with Gasteiger partial charge in [0.25, 0.3) is 0 Å². The standard InChI is InChI=1S/C28H33N3O2/c1-22(32)30-25-10-8-24(9-11-25)21-31-18-16-28(17-19-31,15-14-23-6-4-3-5-7-23)27-13-12-26(33-2)20-29-27/h3-13,20H,14-19,21H2,1-2H3,(H,30,32). The highest BCUT2D eigenvalue weighted by molar-refractivity contribution is 5.88. The number of pyridine rings is 1. The Bertz CT molecular complexity index is 1030. The van der Waals surface area contributed by atoms with E-state index in [-0.39, 0.29) is 11.3 Å². The minimum absolute atomic E-state index is 0.0437. The molecule has 172 valence electrons. The average molecular weight is 444 g/mol. The van der Waals surface area contributed by atoms with Gasteiger partial charge in [0, 0.05) is 30.3 Å². The molecular weight excluding hydrogens is 410 g/mol. The molecule has 4 rings (SSSR count). The minimum Gasteiger partial charge on any atom is -0.495 e. The van der Waals surface area contributed by atoms with Crippen molar-refractivity contribution in [2.45, 2.75) is 44.6 Å². The fourth-order valence-electron chi connectivity index (χ4n) is 4.77. The molecule has 0 radical (unpaired) electrons. The molecule has 1 amide bonds. The average Bonchev–Trinajstić information content (AvgIpc) is 2.85. The number of aryl methyl sites for hydroxylation is 1. The lowest BCUT2D eigenvalue weighted by atomic mass is 9.71. The van der Waals surface area contributed by atoms with E-state index in [0.29, 0.717) is 0 Å². The van der Waals surface area contributed by atoms with Crippen LogP contribution < -0.4 is 10.1 Å². The molecule has 3 aromatic rings. The molecule has 0 atom stereocenters. The molecule has 1 aliphatic heterocycles. The van der Waals surface area contributed by atoms with E-state index in [1.54, 1.807) is 7.11 Å². The highest BCUT2D eigenvalue weighted by atomic mass is 16.5. The normalized spacial score (nSPS) is 15.7. The number of piperidine rings is 1. The van der Waals surface area contributed by atoms with Crippen molar-refractivity contribution >= 4 is 11.6 Å². The minimum atomic E-state index is -0.0437. The molecule has 5 nitrogen and oxygen atoms in total. The molecule has 0 aliphatic carbocycles. The van der Waals surface area contributed by atoms with E-state index in [1.165, 1.54) is 23.7 Å². The number of rotatable bonds is 8. The zero-order valence-corrected chi connectivity index (χ0v) is 19.6. The third kappa shape index (κ3) is 5.99. The summed E-state index contributed by atoms with van der Waals surface area (Å²) in [7, 11) is 1.68. The molecule has 33 heavy (non-hydrogen) atoms. The second kappa shape index (κ2) is 10.6. The Morgan fingerprint density at radius 1 is 1.00 bits per heavy atom. The van der Waals surface area contributed by atoms with E-state index >= 15 is 0 Å². The van der Waals surface area contributed by atoms with Crippen LogP contribution >= 0.6 is 0 Å². The number of anilines is 1. The Balaban J connectivity index is 1.44. The Labute approximate surface area is 196 Å². The fourth-order valence-corrected chi connectivity index (χ4v) is 4.77. The van der Waals surface area contributed by atoms with Crippen molar-refractivity contribution in [3.63, 3.8) is 0 Å². The van der Waals surface area contributed by atoms with Crippen LogP contribution in [0.5, 0.6) is 5.75 Å². The molecule has 1 aliphatic rings. The quantitative estimate of drug-likeness (QED) is 0.519. The molecule has 0 bridgehead atoms. The van der Waals surface area contributed by atoms with Crippen LogP contribution in [-0.4, -0.2) is 36.0 Å². The fraction of sp³-hybridized carbons (Fsp3) is 0.357. The molecule has 2 aromatic carbocycles. The first kappa shape index (κ1) is 23.0. The van der Waals surface area contributed by atoms with Crippen molar-refractivity contribution in [1.29, 1.82) is 0 Å². The molecule has 1 N–H and O–H groups in total. The maximum Gasteiger partial charge on any atom is 0.221 e. The van der Waals surface area contributed by atoms with Gasteiger partial charge >= 0.3 is 0 Å². The summed E-state index contributed by atoms with van der Waals surface area (Å²) < 4.78 is 5.34. The van der Waals surface area contributed by atoms with Gasteiger partial charge in [0.15, 0.2) is 0 Å². The van der Waals surface area contributed by atoms with Crippen molar-refractivity contribution in [2.24, 2.45) is 0 Å². The summed E-state index contributed by atoms with van der Waals surface area (Å²) in [5.74, 6) is 0.759. The first-order chi connectivity index (χ1) is 16.1. The molecule has 1 fully saturated rings. The van der Waals surface area contributed by atoms with Crippen LogP contribution in [0.3, 0.4) is 0 Å². The molecule has 2 heterocycles. The van der Waals surface area contributed by atoms with E-state index in [9.17, 15) is 4.79 Å². The summed E-state index contributed by atoms with van der Waals surface area (Å²) in [5, 5.41) is 2.83. The molecule has 0 unspecified atom stereocenters. The summed E-state index contributed by atoms with van der Waals surface area (Å²) >= 11 is 0. The SMILES string of the molecule is COc1ccc(C2(CCc3ccccc3)CCN(Cc3ccc(NC(C)=O)cc3)CC2)nc1. The van der Waals surface area contributed by atoms with E-state index in [0.717, 1.165) is 56.8 Å². The van der Waals surface area contributed by atoms with Gasteiger partial charge in [-0.15, -0.1) is 0 Å². The third-order valence-electron chi connectivity index (χ3n) is 6.74. The van der Waals surface area contributed by atoms with Crippen molar-refractivity contribution in [1.82, 2.24) is 9.88 Å². The smallest absolute Gasteiger partial charge is 0.221 e. The molecule has 1 aromatic heterocycles. The van der Waals surface area contributed by atoms with E-state index in [1.807, 2.05) is 24.4 Å². The number of carbonyl (C=O) groups is 1. The Hall–Kier alpha value is -3.18. The Morgan fingerprint density at radius 2 is 1.73 bits per heavy atom. The largest absolute Gasteiger partial charge is 0.495 e. The Kier molecular flexibility index (Phi) is 7.40. The number of hydrogen-bond acceptors (Lipinski definition) is 4. The number of aromatic nitrogens is 1. The molecule has 1 saturated heterocycles. The zero-order chi connectivity index (χ0) is 23.1. The number of nitrogens with one attached hydrogen (secondary N) is 1. The second-order valence-electron chi connectivity index (χ2n) is 9.00. The monoisotopic (exact) mass is 443 g/mol. The van der Waals surface area contributed by atoms with Gasteiger partial charge in [0.05, 0.1) is 13.3 Å². The summed E-state index contributed by atoms with van der Waals surface area (Å²) in [4.78, 5) is 18.6. The molecule has 0 saturated carbocycles.